The molecule has 1 N–H and O–H groups in total. The molecule has 0 radical (unpaired) electrons. The molecule has 1 atom stereocenters. The number of halogens is 1. The second kappa shape index (κ2) is 9.16. The topological polar surface area (TPSA) is 90.7 Å². The molecular formula is C20H17FN2O5S. The molecule has 7 nitrogen and oxygen atoms in total. The summed E-state index contributed by atoms with van der Waals surface area (Å²) in [6.07, 6.45) is 0. The average molecular weight is 416 g/mol. The van der Waals surface area contributed by atoms with Crippen molar-refractivity contribution in [3.8, 4) is 11.5 Å². The lowest BCUT2D eigenvalue weighted by molar-refractivity contribution is -0.385. The predicted molar refractivity (Wildman–Crippen MR) is 106 cm³/mol. The minimum absolute atomic E-state index is 0.0413. The average Bonchev–Trinajstić information content (AvgIpc) is 3.25. The number of carbonyl (C=O) groups is 1. The van der Waals surface area contributed by atoms with Crippen molar-refractivity contribution in [2.45, 2.75) is 6.04 Å². The van der Waals surface area contributed by atoms with Crippen molar-refractivity contribution in [2.24, 2.45) is 0 Å². The molecular weight excluding hydrogens is 399 g/mol. The Kier molecular flexibility index (Phi) is 6.40. The molecule has 0 fully saturated rings. The molecule has 0 aliphatic carbocycles. The number of methoxy groups -OCH3 is 1. The van der Waals surface area contributed by atoms with Gasteiger partial charge in [-0.25, -0.2) is 4.39 Å². The zero-order valence-corrected chi connectivity index (χ0v) is 16.1. The van der Waals surface area contributed by atoms with E-state index in [4.69, 9.17) is 9.47 Å². The summed E-state index contributed by atoms with van der Waals surface area (Å²) in [4.78, 5) is 23.9. The molecule has 0 saturated heterocycles. The van der Waals surface area contributed by atoms with E-state index in [0.29, 0.717) is 11.3 Å². The lowest BCUT2D eigenvalue weighted by Crippen LogP contribution is -2.33. The number of hydrogen-bond donors (Lipinski definition) is 1. The quantitative estimate of drug-likeness (QED) is 0.441. The molecule has 0 unspecified atom stereocenters. The maximum atomic E-state index is 13.3. The lowest BCUT2D eigenvalue weighted by atomic mass is 10.1. The summed E-state index contributed by atoms with van der Waals surface area (Å²) in [7, 11) is 1.40. The number of ether oxygens (including phenoxy) is 2. The Labute approximate surface area is 169 Å². The molecule has 9 heteroatoms. The van der Waals surface area contributed by atoms with Gasteiger partial charge in [-0.2, -0.15) is 0 Å². The van der Waals surface area contributed by atoms with E-state index in [9.17, 15) is 19.3 Å². The van der Waals surface area contributed by atoms with Gasteiger partial charge in [-0.1, -0.05) is 18.2 Å². The van der Waals surface area contributed by atoms with Crippen molar-refractivity contribution in [1.29, 1.82) is 0 Å². The summed E-state index contributed by atoms with van der Waals surface area (Å²) >= 11 is 1.44. The second-order valence-electron chi connectivity index (χ2n) is 5.95. The number of amides is 1. The Hall–Kier alpha value is -3.46. The highest BCUT2D eigenvalue weighted by Crippen LogP contribution is 2.31. The third-order valence-electron chi connectivity index (χ3n) is 4.06. The Morgan fingerprint density at radius 1 is 1.24 bits per heavy atom. The maximum absolute atomic E-state index is 13.3. The lowest BCUT2D eigenvalue weighted by Gasteiger charge is -2.18. The normalized spacial score (nSPS) is 11.5. The summed E-state index contributed by atoms with van der Waals surface area (Å²) in [5.41, 5.74) is 0.406. The van der Waals surface area contributed by atoms with Gasteiger partial charge in [-0.05, 0) is 41.3 Å². The highest BCUT2D eigenvalue weighted by Gasteiger charge is 2.21. The van der Waals surface area contributed by atoms with Crippen LogP contribution in [0, 0.1) is 15.9 Å². The number of nitro benzene ring substituents is 1. The Morgan fingerprint density at radius 3 is 2.62 bits per heavy atom. The van der Waals surface area contributed by atoms with Gasteiger partial charge in [0.05, 0.1) is 24.1 Å². The first-order chi connectivity index (χ1) is 14.0. The van der Waals surface area contributed by atoms with Gasteiger partial charge < -0.3 is 14.8 Å². The van der Waals surface area contributed by atoms with Crippen molar-refractivity contribution in [3.63, 3.8) is 0 Å². The van der Waals surface area contributed by atoms with Gasteiger partial charge in [0.2, 0.25) is 0 Å². The number of rotatable bonds is 8. The van der Waals surface area contributed by atoms with E-state index in [0.717, 1.165) is 4.88 Å². The molecule has 1 aromatic heterocycles. The molecule has 3 rings (SSSR count). The molecule has 0 aliphatic heterocycles. The number of nitrogens with one attached hydrogen (secondary N) is 1. The third kappa shape index (κ3) is 5.08. The van der Waals surface area contributed by atoms with Crippen LogP contribution in [0.1, 0.15) is 16.5 Å². The van der Waals surface area contributed by atoms with E-state index < -0.39 is 23.5 Å². The third-order valence-corrected chi connectivity index (χ3v) is 5.00. The van der Waals surface area contributed by atoms with Crippen LogP contribution in [0.3, 0.4) is 0 Å². The van der Waals surface area contributed by atoms with Crippen molar-refractivity contribution < 1.29 is 23.6 Å². The molecule has 150 valence electrons. The fraction of sp³-hybridized carbons (Fsp3) is 0.150. The SMILES string of the molecule is COc1ccc(OCC(=O)N[C@@H](c2ccc(F)cc2)c2cccs2)c([N+](=O)[O-])c1. The fourth-order valence-electron chi connectivity index (χ4n) is 2.66. The minimum atomic E-state index is -0.608. The van der Waals surface area contributed by atoms with E-state index in [2.05, 4.69) is 5.32 Å². The Balaban J connectivity index is 1.73. The molecule has 3 aromatic rings. The number of hydrogen-bond acceptors (Lipinski definition) is 6. The van der Waals surface area contributed by atoms with Crippen LogP contribution in [0.4, 0.5) is 10.1 Å². The van der Waals surface area contributed by atoms with Crippen molar-refractivity contribution in [1.82, 2.24) is 5.32 Å². The smallest absolute Gasteiger partial charge is 0.314 e. The van der Waals surface area contributed by atoms with Crippen LogP contribution in [0.2, 0.25) is 0 Å². The van der Waals surface area contributed by atoms with Gasteiger partial charge in [0.1, 0.15) is 11.6 Å². The predicted octanol–water partition coefficient (Wildman–Crippen LogP) is 4.09. The zero-order chi connectivity index (χ0) is 20.8. The molecule has 0 spiro atoms. The van der Waals surface area contributed by atoms with Crippen LogP contribution in [0.15, 0.2) is 60.0 Å². The molecule has 1 amide bonds. The highest BCUT2D eigenvalue weighted by atomic mass is 32.1. The summed E-state index contributed by atoms with van der Waals surface area (Å²) in [6, 6.07) is 13.1. The first kappa shape index (κ1) is 20.3. The van der Waals surface area contributed by atoms with Gasteiger partial charge in [0.25, 0.3) is 5.91 Å². The standard InChI is InChI=1S/C20H17FN2O5S/c1-27-15-8-9-17(16(11-15)23(25)26)28-12-19(24)22-20(18-3-2-10-29-18)13-4-6-14(21)7-5-13/h2-11,20H,12H2,1H3,(H,22,24)/t20-/m0/s1. The van der Waals surface area contributed by atoms with Crippen LogP contribution < -0.4 is 14.8 Å². The second-order valence-corrected chi connectivity index (χ2v) is 6.93. The van der Waals surface area contributed by atoms with Crippen LogP contribution in [-0.4, -0.2) is 24.5 Å². The molecule has 0 aliphatic rings. The number of carbonyl (C=O) groups excluding carboxylic acids is 1. The van der Waals surface area contributed by atoms with Gasteiger partial charge in [-0.3, -0.25) is 14.9 Å². The van der Waals surface area contributed by atoms with E-state index >= 15 is 0 Å². The van der Waals surface area contributed by atoms with E-state index in [-0.39, 0.29) is 17.3 Å². The van der Waals surface area contributed by atoms with E-state index in [1.165, 1.54) is 48.8 Å². The number of benzene rings is 2. The Morgan fingerprint density at radius 2 is 2.00 bits per heavy atom. The van der Waals surface area contributed by atoms with Crippen LogP contribution in [-0.2, 0) is 4.79 Å². The highest BCUT2D eigenvalue weighted by molar-refractivity contribution is 7.10. The Bertz CT molecular complexity index is 993. The van der Waals surface area contributed by atoms with E-state index in [1.54, 1.807) is 12.1 Å². The molecule has 29 heavy (non-hydrogen) atoms. The van der Waals surface area contributed by atoms with Gasteiger partial charge >= 0.3 is 5.69 Å². The van der Waals surface area contributed by atoms with Gasteiger partial charge in [0, 0.05) is 4.88 Å². The van der Waals surface area contributed by atoms with Crippen molar-refractivity contribution >= 4 is 22.9 Å². The summed E-state index contributed by atoms with van der Waals surface area (Å²) in [5.74, 6) is -0.582. The van der Waals surface area contributed by atoms with Gasteiger partial charge in [0.15, 0.2) is 12.4 Å². The molecule has 0 saturated carbocycles. The first-order valence-electron chi connectivity index (χ1n) is 8.51. The molecule has 0 bridgehead atoms. The monoisotopic (exact) mass is 416 g/mol. The van der Waals surface area contributed by atoms with Crippen molar-refractivity contribution in [3.05, 3.63) is 86.3 Å². The molecule has 2 aromatic carbocycles. The fourth-order valence-corrected chi connectivity index (χ4v) is 3.47. The van der Waals surface area contributed by atoms with Crippen LogP contribution in [0.5, 0.6) is 11.5 Å². The minimum Gasteiger partial charge on any atom is -0.496 e. The van der Waals surface area contributed by atoms with E-state index in [1.807, 2.05) is 17.5 Å². The molecule has 1 heterocycles. The zero-order valence-electron chi connectivity index (χ0n) is 15.3. The van der Waals surface area contributed by atoms with Gasteiger partial charge in [-0.15, -0.1) is 11.3 Å². The first-order valence-corrected chi connectivity index (χ1v) is 9.39. The summed E-state index contributed by atoms with van der Waals surface area (Å²) in [6.45, 7) is -0.420. The number of nitrogens with zero attached hydrogens (tertiary/aromatic N) is 1. The van der Waals surface area contributed by atoms with Crippen LogP contribution in [0.25, 0.3) is 0 Å². The largest absolute Gasteiger partial charge is 0.496 e. The number of thiophene rings is 1. The maximum Gasteiger partial charge on any atom is 0.314 e. The number of nitro groups is 1. The van der Waals surface area contributed by atoms with Crippen molar-refractivity contribution in [2.75, 3.05) is 13.7 Å². The summed E-state index contributed by atoms with van der Waals surface area (Å²) < 4.78 is 23.6. The summed E-state index contributed by atoms with van der Waals surface area (Å²) in [5, 5.41) is 15.9. The van der Waals surface area contributed by atoms with Crippen LogP contribution >= 0.6 is 11.3 Å².